The minimum Gasteiger partial charge on any atom is -0.497 e. The molecule has 3 N–H and O–H groups in total. The van der Waals surface area contributed by atoms with E-state index in [1.54, 1.807) is 12.0 Å². The van der Waals surface area contributed by atoms with Crippen LogP contribution in [0.2, 0.25) is 0 Å². The predicted molar refractivity (Wildman–Crippen MR) is 304 cm³/mol. The van der Waals surface area contributed by atoms with E-state index < -0.39 is 10.8 Å². The molecule has 4 amide bonds. The van der Waals surface area contributed by atoms with Crippen LogP contribution >= 0.6 is 0 Å². The summed E-state index contributed by atoms with van der Waals surface area (Å²) in [5, 5.41) is 15.3. The largest absolute Gasteiger partial charge is 0.497 e. The Bertz CT molecular complexity index is 3600. The molecule has 13 rings (SSSR count). The highest BCUT2D eigenvalue weighted by atomic mass is 16.5. The van der Waals surface area contributed by atoms with Crippen molar-refractivity contribution in [1.29, 1.82) is 0 Å². The zero-order chi connectivity index (χ0) is 55.9. The van der Waals surface area contributed by atoms with Crippen LogP contribution in [0.4, 0.5) is 11.4 Å². The van der Waals surface area contributed by atoms with E-state index in [0.717, 1.165) is 104 Å². The number of anilines is 2. The quantitative estimate of drug-likeness (QED) is 0.0827. The lowest BCUT2D eigenvalue weighted by Crippen LogP contribution is -2.37. The van der Waals surface area contributed by atoms with Gasteiger partial charge in [0.2, 0.25) is 35.4 Å². The molecule has 0 radical (unpaired) electrons. The van der Waals surface area contributed by atoms with E-state index in [0.29, 0.717) is 62.7 Å². The zero-order valence-electron chi connectivity index (χ0n) is 46.8. The highest BCUT2D eigenvalue weighted by molar-refractivity contribution is 6.08. The van der Waals surface area contributed by atoms with Crippen molar-refractivity contribution in [2.24, 2.45) is 11.8 Å². The Hall–Kier alpha value is -7.86. The van der Waals surface area contributed by atoms with Crippen LogP contribution in [0.15, 0.2) is 85.5 Å². The topological polar surface area (TPSA) is 208 Å². The molecular formula is C62H70N10O8. The Morgan fingerprint density at radius 1 is 0.713 bits per heavy atom. The first-order valence-electron chi connectivity index (χ1n) is 28.2. The highest BCUT2D eigenvalue weighted by Crippen LogP contribution is 2.47. The number of benzene rings is 3. The average Bonchev–Trinajstić information content (AvgIpc) is 4.25. The number of rotatable bonds is 16. The van der Waals surface area contributed by atoms with Gasteiger partial charge in [-0.1, -0.05) is 36.4 Å². The summed E-state index contributed by atoms with van der Waals surface area (Å²) in [6, 6.07) is 24.6. The number of fused-ring (bicyclic) bond motifs is 4. The summed E-state index contributed by atoms with van der Waals surface area (Å²) in [4.78, 5) is 73.9. The number of nitrogens with zero attached hydrogens (tertiary/aromatic N) is 8. The third-order valence-corrected chi connectivity index (χ3v) is 17.5. The molecule has 7 aromatic rings. The van der Waals surface area contributed by atoms with E-state index in [2.05, 4.69) is 26.7 Å². The van der Waals surface area contributed by atoms with E-state index in [1.807, 2.05) is 132 Å². The normalized spacial score (nSPS) is 21.0. The Labute approximate surface area is 465 Å². The van der Waals surface area contributed by atoms with Crippen LogP contribution in [0, 0.1) is 11.8 Å². The molecule has 2 saturated heterocycles. The molecule has 4 aliphatic heterocycles. The first-order valence-corrected chi connectivity index (χ1v) is 28.2. The molecule has 18 nitrogen and oxygen atoms in total. The van der Waals surface area contributed by atoms with Crippen molar-refractivity contribution in [2.75, 3.05) is 43.6 Å². The summed E-state index contributed by atoms with van der Waals surface area (Å²) in [7, 11) is 1.65. The van der Waals surface area contributed by atoms with Gasteiger partial charge >= 0.3 is 0 Å². The highest BCUT2D eigenvalue weighted by Gasteiger charge is 2.44. The summed E-state index contributed by atoms with van der Waals surface area (Å²) in [6.45, 7) is 15.5. The van der Waals surface area contributed by atoms with Crippen molar-refractivity contribution in [3.63, 3.8) is 0 Å². The van der Waals surface area contributed by atoms with Crippen molar-refractivity contribution < 1.29 is 38.5 Å². The van der Waals surface area contributed by atoms with Crippen molar-refractivity contribution in [3.8, 4) is 40.0 Å². The third-order valence-electron chi connectivity index (χ3n) is 17.5. The van der Waals surface area contributed by atoms with Crippen molar-refractivity contribution in [2.45, 2.75) is 135 Å². The summed E-state index contributed by atoms with van der Waals surface area (Å²) < 4.78 is 22.8. The molecule has 3 aromatic carbocycles. The Kier molecular flexibility index (Phi) is 13.4. The van der Waals surface area contributed by atoms with Gasteiger partial charge in [-0.2, -0.15) is 0 Å². The van der Waals surface area contributed by atoms with Crippen LogP contribution in [0.25, 0.3) is 44.6 Å². The fraction of sp³-hybridized carbons (Fsp3) is 0.452. The van der Waals surface area contributed by atoms with Crippen LogP contribution in [0.5, 0.6) is 17.5 Å². The van der Waals surface area contributed by atoms with Gasteiger partial charge in [0.05, 0.1) is 59.1 Å². The summed E-state index contributed by atoms with van der Waals surface area (Å²) in [5.41, 5.74) is 10.1. The molecule has 5 atom stereocenters. The number of carbonyl (C=O) groups excluding carboxylic acids is 4. The number of imidazole rings is 2. The van der Waals surface area contributed by atoms with Crippen LogP contribution in [0.1, 0.15) is 128 Å². The molecule has 2 aliphatic carbocycles. The monoisotopic (exact) mass is 1080 g/mol. The summed E-state index contributed by atoms with van der Waals surface area (Å²) in [5.74, 6) is 2.16. The number of pyridine rings is 2. The van der Waals surface area contributed by atoms with Gasteiger partial charge in [0.25, 0.3) is 0 Å². The average molecular weight is 1080 g/mol. The smallest absolute Gasteiger partial charge is 0.241 e. The number of aliphatic hydroxyl groups is 1. The standard InChI is InChI=1S/C34H37N5O4.C28H33N5O4/c1-19(21-6-11-25(42-5)12-7-21)38-17-23(15-30(38)40)20(2)43-32-31-29(35-18-39(31)24-9-10-24)16-27(36-32)22-8-13-26-28(14-22)37-33(41)34(26,3)4;1-16(18-12-24(35)29-14-18)37-26-25-22(30-15-33(25)19-6-7-19)13-21(31-26)17-5-8-20-23(11-17)32(9-4-10-34)27(36)28(20,2)3/h6-8,11-14,16,18-20,23-24H,9-10,15,17H2,1-5H3,(H,37,41);5,8,11,13,15-16,18-19,34H,4,6-7,9-10,12,14H2,1-3H3,(H,29,35)/t19-,20-,23-;16-,18-/m11/s1. The number of methoxy groups -OCH3 is 1. The number of amides is 4. The number of aliphatic hydroxyl groups excluding tert-OH is 1. The Balaban J connectivity index is 0.000000161. The number of nitrogens with one attached hydrogen (secondary N) is 2. The van der Waals surface area contributed by atoms with Gasteiger partial charge in [-0.25, -0.2) is 19.9 Å². The van der Waals surface area contributed by atoms with E-state index >= 15 is 0 Å². The zero-order valence-corrected chi connectivity index (χ0v) is 46.8. The second-order valence-electron chi connectivity index (χ2n) is 23.7. The molecule has 2 saturated carbocycles. The SMILES string of the molecule is COc1ccc([C@@H](C)N2C[C@H]([C@@H](C)Oc3nc(-c4ccc5c(c4)NC(=O)C5(C)C)cc4ncn(C5CC5)c34)CC2=O)cc1.C[C@@H](Oc1nc(-c2ccc3c(c2)N(CCCO)C(=O)C3(C)C)cc2ncn(C3CC3)c12)[C@H]1CNC(=O)C1. The van der Waals surface area contributed by atoms with Gasteiger partial charge in [0.1, 0.15) is 29.0 Å². The van der Waals surface area contributed by atoms with Gasteiger partial charge in [-0.3, -0.25) is 19.2 Å². The second-order valence-corrected chi connectivity index (χ2v) is 23.7. The van der Waals surface area contributed by atoms with Gasteiger partial charge in [0.15, 0.2) is 0 Å². The third kappa shape index (κ3) is 9.57. The van der Waals surface area contributed by atoms with Crippen LogP contribution < -0.4 is 29.7 Å². The second kappa shape index (κ2) is 20.4. The fourth-order valence-corrected chi connectivity index (χ4v) is 12.0. The lowest BCUT2D eigenvalue weighted by Gasteiger charge is -2.27. The lowest BCUT2D eigenvalue weighted by molar-refractivity contribution is -0.129. The fourth-order valence-electron chi connectivity index (χ4n) is 12.0. The first-order chi connectivity index (χ1) is 38.4. The number of aromatic nitrogens is 6. The molecule has 8 heterocycles. The summed E-state index contributed by atoms with van der Waals surface area (Å²) in [6.07, 6.45) is 9.14. The molecule has 0 bridgehead atoms. The van der Waals surface area contributed by atoms with Crippen molar-refractivity contribution in [1.82, 2.24) is 39.3 Å². The van der Waals surface area contributed by atoms with Gasteiger partial charge in [-0.15, -0.1) is 0 Å². The maximum atomic E-state index is 13.2. The molecule has 0 unspecified atom stereocenters. The van der Waals surface area contributed by atoms with Crippen LogP contribution in [-0.2, 0) is 30.0 Å². The van der Waals surface area contributed by atoms with Crippen molar-refractivity contribution >= 4 is 57.1 Å². The maximum Gasteiger partial charge on any atom is 0.241 e. The molecule has 4 aromatic heterocycles. The summed E-state index contributed by atoms with van der Waals surface area (Å²) >= 11 is 0. The number of ether oxygens (including phenoxy) is 3. The van der Waals surface area contributed by atoms with Crippen molar-refractivity contribution in [3.05, 3.63) is 102 Å². The van der Waals surface area contributed by atoms with Gasteiger partial charge in [-0.05, 0) is 134 Å². The molecule has 416 valence electrons. The number of carbonyl (C=O) groups is 4. The number of hydrogen-bond acceptors (Lipinski definition) is 12. The maximum absolute atomic E-state index is 13.2. The minimum atomic E-state index is -0.625. The van der Waals surface area contributed by atoms with Crippen LogP contribution in [-0.4, -0.2) is 108 Å². The number of hydrogen-bond donors (Lipinski definition) is 3. The lowest BCUT2D eigenvalue weighted by atomic mass is 9.85. The molecule has 80 heavy (non-hydrogen) atoms. The molecule has 0 spiro atoms. The predicted octanol–water partition coefficient (Wildman–Crippen LogP) is 9.39. The van der Waals surface area contributed by atoms with E-state index in [-0.39, 0.29) is 60.3 Å². The first kappa shape index (κ1) is 52.8. The molecular weight excluding hydrogens is 1010 g/mol. The molecule has 4 fully saturated rings. The van der Waals surface area contributed by atoms with E-state index in [1.165, 1.54) is 0 Å². The molecule has 18 heteroatoms. The van der Waals surface area contributed by atoms with E-state index in [9.17, 15) is 24.3 Å². The van der Waals surface area contributed by atoms with Crippen LogP contribution in [0.3, 0.4) is 0 Å². The minimum absolute atomic E-state index is 0.00875. The Morgan fingerprint density at radius 2 is 1.30 bits per heavy atom. The van der Waals surface area contributed by atoms with Gasteiger partial charge in [0, 0.05) is 85.5 Å². The van der Waals surface area contributed by atoms with E-state index in [4.69, 9.17) is 34.1 Å². The molecule has 6 aliphatic rings. The number of likely N-dealkylation sites (tertiary alicyclic amines) is 1. The van der Waals surface area contributed by atoms with Gasteiger partial charge < -0.3 is 48.9 Å². The Morgan fingerprint density at radius 3 is 1.86 bits per heavy atom.